The molecule has 1 aromatic carbocycles. The molecular formula is C16H18F2N4. The maximum Gasteiger partial charge on any atom is 0.225 e. The van der Waals surface area contributed by atoms with Crippen LogP contribution in [0.1, 0.15) is 19.3 Å². The van der Waals surface area contributed by atoms with Crippen LogP contribution in [-0.4, -0.2) is 29.1 Å². The highest BCUT2D eigenvalue weighted by Gasteiger charge is 2.18. The number of aromatic nitrogens is 2. The van der Waals surface area contributed by atoms with Gasteiger partial charge in [-0.15, -0.1) is 0 Å². The lowest BCUT2D eigenvalue weighted by molar-refractivity contribution is 0.511. The SMILES string of the molecule is NC1CCCCN(c2nccc(-c3cccc(F)c3F)n2)C1. The summed E-state index contributed by atoms with van der Waals surface area (Å²) in [7, 11) is 0. The smallest absolute Gasteiger partial charge is 0.225 e. The molecule has 1 aromatic heterocycles. The highest BCUT2D eigenvalue weighted by atomic mass is 19.2. The predicted molar refractivity (Wildman–Crippen MR) is 81.4 cm³/mol. The predicted octanol–water partition coefficient (Wildman–Crippen LogP) is 2.74. The van der Waals surface area contributed by atoms with Gasteiger partial charge in [-0.05, 0) is 31.0 Å². The van der Waals surface area contributed by atoms with Crippen LogP contribution in [0.3, 0.4) is 0 Å². The number of hydrogen-bond acceptors (Lipinski definition) is 4. The van der Waals surface area contributed by atoms with Gasteiger partial charge in [0, 0.05) is 30.9 Å². The summed E-state index contributed by atoms with van der Waals surface area (Å²) < 4.78 is 27.3. The Kier molecular flexibility index (Phi) is 4.29. The van der Waals surface area contributed by atoms with Gasteiger partial charge in [0.25, 0.3) is 0 Å². The lowest BCUT2D eigenvalue weighted by Crippen LogP contribution is -2.36. The summed E-state index contributed by atoms with van der Waals surface area (Å²) in [5.74, 6) is -1.26. The third-order valence-corrected chi connectivity index (χ3v) is 3.86. The number of anilines is 1. The average molecular weight is 304 g/mol. The monoisotopic (exact) mass is 304 g/mol. The fourth-order valence-corrected chi connectivity index (χ4v) is 2.71. The van der Waals surface area contributed by atoms with Crippen LogP contribution in [0.15, 0.2) is 30.5 Å². The van der Waals surface area contributed by atoms with Crippen molar-refractivity contribution in [3.8, 4) is 11.3 Å². The van der Waals surface area contributed by atoms with Gasteiger partial charge in [0.15, 0.2) is 11.6 Å². The molecule has 116 valence electrons. The Balaban J connectivity index is 1.94. The molecule has 0 spiro atoms. The Morgan fingerprint density at radius 2 is 2.05 bits per heavy atom. The molecule has 2 N–H and O–H groups in total. The number of halogens is 2. The first kappa shape index (κ1) is 14.8. The van der Waals surface area contributed by atoms with Crippen LogP contribution in [0.5, 0.6) is 0 Å². The summed E-state index contributed by atoms with van der Waals surface area (Å²) in [6.45, 7) is 1.50. The van der Waals surface area contributed by atoms with Crippen LogP contribution in [0.25, 0.3) is 11.3 Å². The van der Waals surface area contributed by atoms with Crippen molar-refractivity contribution in [3.05, 3.63) is 42.1 Å². The minimum Gasteiger partial charge on any atom is -0.339 e. The standard InChI is InChI=1S/C16H18F2N4/c17-13-6-3-5-12(15(13)18)14-7-8-20-16(21-14)22-9-2-1-4-11(19)10-22/h3,5-8,11H,1-2,4,9-10,19H2. The van der Waals surface area contributed by atoms with E-state index < -0.39 is 11.6 Å². The third kappa shape index (κ3) is 3.06. The summed E-state index contributed by atoms with van der Waals surface area (Å²) in [5, 5.41) is 0. The molecule has 0 saturated carbocycles. The van der Waals surface area contributed by atoms with E-state index in [1.165, 1.54) is 12.1 Å². The van der Waals surface area contributed by atoms with Crippen LogP contribution in [0.2, 0.25) is 0 Å². The van der Waals surface area contributed by atoms with E-state index in [2.05, 4.69) is 9.97 Å². The van der Waals surface area contributed by atoms with Crippen molar-refractivity contribution in [1.82, 2.24) is 9.97 Å². The lowest BCUT2D eigenvalue weighted by atomic mass is 10.1. The fraction of sp³-hybridized carbons (Fsp3) is 0.375. The zero-order chi connectivity index (χ0) is 15.5. The van der Waals surface area contributed by atoms with E-state index in [-0.39, 0.29) is 11.6 Å². The maximum absolute atomic E-state index is 13.9. The number of hydrogen-bond donors (Lipinski definition) is 1. The van der Waals surface area contributed by atoms with E-state index in [9.17, 15) is 8.78 Å². The molecule has 22 heavy (non-hydrogen) atoms. The average Bonchev–Trinajstić information content (AvgIpc) is 2.75. The van der Waals surface area contributed by atoms with Crippen molar-refractivity contribution >= 4 is 5.95 Å². The van der Waals surface area contributed by atoms with E-state index in [1.54, 1.807) is 12.3 Å². The van der Waals surface area contributed by atoms with Crippen molar-refractivity contribution in [3.63, 3.8) is 0 Å². The Labute approximate surface area is 128 Å². The van der Waals surface area contributed by atoms with Crippen LogP contribution >= 0.6 is 0 Å². The number of benzene rings is 1. The minimum atomic E-state index is -0.889. The minimum absolute atomic E-state index is 0.0839. The van der Waals surface area contributed by atoms with Gasteiger partial charge in [-0.2, -0.15) is 0 Å². The molecule has 1 aliphatic heterocycles. The van der Waals surface area contributed by atoms with Crippen molar-refractivity contribution in [2.24, 2.45) is 5.73 Å². The first-order valence-electron chi connectivity index (χ1n) is 7.43. The lowest BCUT2D eigenvalue weighted by Gasteiger charge is -2.22. The van der Waals surface area contributed by atoms with Gasteiger partial charge in [0.2, 0.25) is 5.95 Å². The van der Waals surface area contributed by atoms with Gasteiger partial charge in [-0.1, -0.05) is 12.5 Å². The van der Waals surface area contributed by atoms with Gasteiger partial charge in [0.05, 0.1) is 5.69 Å². The summed E-state index contributed by atoms with van der Waals surface area (Å²) >= 11 is 0. The van der Waals surface area contributed by atoms with Crippen molar-refractivity contribution in [2.45, 2.75) is 25.3 Å². The van der Waals surface area contributed by atoms with E-state index in [0.29, 0.717) is 18.2 Å². The molecule has 1 aliphatic rings. The molecule has 0 bridgehead atoms. The fourth-order valence-electron chi connectivity index (χ4n) is 2.71. The first-order valence-corrected chi connectivity index (χ1v) is 7.43. The van der Waals surface area contributed by atoms with E-state index in [4.69, 9.17) is 5.73 Å². The van der Waals surface area contributed by atoms with E-state index >= 15 is 0 Å². The molecular weight excluding hydrogens is 286 g/mol. The van der Waals surface area contributed by atoms with Gasteiger partial charge in [-0.25, -0.2) is 18.7 Å². The normalized spacial score (nSPS) is 19.0. The van der Waals surface area contributed by atoms with Crippen LogP contribution in [0, 0.1) is 11.6 Å². The molecule has 2 aromatic rings. The van der Waals surface area contributed by atoms with Crippen LogP contribution < -0.4 is 10.6 Å². The van der Waals surface area contributed by atoms with Gasteiger partial charge >= 0.3 is 0 Å². The number of nitrogens with zero attached hydrogens (tertiary/aromatic N) is 3. The summed E-state index contributed by atoms with van der Waals surface area (Å²) in [6.07, 6.45) is 4.65. The zero-order valence-corrected chi connectivity index (χ0v) is 12.2. The second kappa shape index (κ2) is 6.36. The maximum atomic E-state index is 13.9. The molecule has 2 heterocycles. The van der Waals surface area contributed by atoms with E-state index in [1.807, 2.05) is 4.90 Å². The highest BCUT2D eigenvalue weighted by molar-refractivity contribution is 5.61. The van der Waals surface area contributed by atoms with E-state index in [0.717, 1.165) is 31.9 Å². The Morgan fingerprint density at radius 1 is 1.18 bits per heavy atom. The molecule has 1 unspecified atom stereocenters. The molecule has 3 rings (SSSR count). The van der Waals surface area contributed by atoms with Gasteiger partial charge < -0.3 is 10.6 Å². The van der Waals surface area contributed by atoms with Crippen molar-refractivity contribution in [2.75, 3.05) is 18.0 Å². The largest absolute Gasteiger partial charge is 0.339 e. The molecule has 0 radical (unpaired) electrons. The summed E-state index contributed by atoms with van der Waals surface area (Å²) in [5.41, 5.74) is 6.57. The van der Waals surface area contributed by atoms with Gasteiger partial charge in [-0.3, -0.25) is 0 Å². The second-order valence-corrected chi connectivity index (χ2v) is 5.55. The Bertz CT molecular complexity index is 662. The first-order chi connectivity index (χ1) is 10.6. The summed E-state index contributed by atoms with van der Waals surface area (Å²) in [6, 6.07) is 5.74. The number of rotatable bonds is 2. The quantitative estimate of drug-likeness (QED) is 0.927. The molecule has 0 amide bonds. The van der Waals surface area contributed by atoms with Gasteiger partial charge in [0.1, 0.15) is 0 Å². The molecule has 6 heteroatoms. The Hall–Kier alpha value is -2.08. The van der Waals surface area contributed by atoms with Crippen molar-refractivity contribution < 1.29 is 8.78 Å². The third-order valence-electron chi connectivity index (χ3n) is 3.86. The Morgan fingerprint density at radius 3 is 2.91 bits per heavy atom. The molecule has 0 aliphatic carbocycles. The highest BCUT2D eigenvalue weighted by Crippen LogP contribution is 2.24. The van der Waals surface area contributed by atoms with Crippen molar-refractivity contribution in [1.29, 1.82) is 0 Å². The molecule has 1 saturated heterocycles. The summed E-state index contributed by atoms with van der Waals surface area (Å²) in [4.78, 5) is 10.7. The zero-order valence-electron chi connectivity index (χ0n) is 12.2. The second-order valence-electron chi connectivity index (χ2n) is 5.55. The molecule has 1 fully saturated rings. The topological polar surface area (TPSA) is 55.0 Å². The molecule has 1 atom stereocenters. The van der Waals surface area contributed by atoms with Crippen LogP contribution in [-0.2, 0) is 0 Å². The molecule has 4 nitrogen and oxygen atoms in total. The van der Waals surface area contributed by atoms with Crippen LogP contribution in [0.4, 0.5) is 14.7 Å². The number of nitrogens with two attached hydrogens (primary N) is 1.